The van der Waals surface area contributed by atoms with Crippen molar-refractivity contribution in [2.24, 2.45) is 11.7 Å². The summed E-state index contributed by atoms with van der Waals surface area (Å²) in [5, 5.41) is 0. The number of ether oxygens (including phenoxy) is 1. The first kappa shape index (κ1) is 12.6. The van der Waals surface area contributed by atoms with Gasteiger partial charge in [-0.15, -0.1) is 0 Å². The molecule has 2 nitrogen and oxygen atoms in total. The second-order valence-electron chi connectivity index (χ2n) is 5.13. The summed E-state index contributed by atoms with van der Waals surface area (Å²) in [5.41, 5.74) is 9.00. The number of nitrogens with two attached hydrogens (primary N) is 1. The lowest BCUT2D eigenvalue weighted by Gasteiger charge is -2.23. The number of hydrogen-bond acceptors (Lipinski definition) is 2. The van der Waals surface area contributed by atoms with Crippen molar-refractivity contribution >= 4 is 0 Å². The van der Waals surface area contributed by atoms with Gasteiger partial charge in [-0.3, -0.25) is 0 Å². The molecule has 0 amide bonds. The van der Waals surface area contributed by atoms with Gasteiger partial charge in [0.05, 0.1) is 6.10 Å². The Balaban J connectivity index is 1.99. The second kappa shape index (κ2) is 5.65. The van der Waals surface area contributed by atoms with E-state index >= 15 is 0 Å². The van der Waals surface area contributed by atoms with Crippen LogP contribution >= 0.6 is 0 Å². The van der Waals surface area contributed by atoms with E-state index in [2.05, 4.69) is 38.1 Å². The number of aryl methyl sites for hydroxylation is 1. The van der Waals surface area contributed by atoms with E-state index in [1.54, 1.807) is 0 Å². The van der Waals surface area contributed by atoms with Crippen molar-refractivity contribution < 1.29 is 4.74 Å². The summed E-state index contributed by atoms with van der Waals surface area (Å²) in [6.45, 7) is 5.19. The van der Waals surface area contributed by atoms with Gasteiger partial charge in [0.25, 0.3) is 0 Å². The lowest BCUT2D eigenvalue weighted by atomic mass is 9.88. The maximum atomic E-state index is 6.35. The van der Waals surface area contributed by atoms with Crippen molar-refractivity contribution in [1.29, 1.82) is 0 Å². The van der Waals surface area contributed by atoms with Crippen LogP contribution in [0.5, 0.6) is 0 Å². The predicted molar refractivity (Wildman–Crippen MR) is 71.0 cm³/mol. The topological polar surface area (TPSA) is 35.2 Å². The van der Waals surface area contributed by atoms with Crippen LogP contribution in [0.4, 0.5) is 0 Å². The molecule has 0 radical (unpaired) electrons. The summed E-state index contributed by atoms with van der Waals surface area (Å²) < 4.78 is 5.72. The van der Waals surface area contributed by atoms with Crippen LogP contribution in [0, 0.1) is 12.8 Å². The zero-order valence-electron chi connectivity index (χ0n) is 10.9. The van der Waals surface area contributed by atoms with Crippen LogP contribution in [0.1, 0.15) is 30.9 Å². The molecule has 94 valence electrons. The molecule has 1 heterocycles. The highest BCUT2D eigenvalue weighted by atomic mass is 16.5. The lowest BCUT2D eigenvalue weighted by molar-refractivity contribution is 0.0814. The fourth-order valence-electron chi connectivity index (χ4n) is 2.84. The Morgan fingerprint density at radius 1 is 1.47 bits per heavy atom. The molecular weight excluding hydrogens is 210 g/mol. The van der Waals surface area contributed by atoms with Gasteiger partial charge in [0.2, 0.25) is 0 Å². The molecule has 0 saturated carbocycles. The van der Waals surface area contributed by atoms with Crippen LogP contribution in [0.2, 0.25) is 0 Å². The SMILES string of the molecule is CCC1OCCC1C(N)Cc1cccc(C)c1. The van der Waals surface area contributed by atoms with Gasteiger partial charge in [0.15, 0.2) is 0 Å². The van der Waals surface area contributed by atoms with Crippen molar-refractivity contribution in [1.82, 2.24) is 0 Å². The van der Waals surface area contributed by atoms with Crippen LogP contribution in [-0.2, 0) is 11.2 Å². The van der Waals surface area contributed by atoms with Crippen LogP contribution in [0.25, 0.3) is 0 Å². The first-order valence-electron chi connectivity index (χ1n) is 6.63. The van der Waals surface area contributed by atoms with E-state index in [1.807, 2.05) is 0 Å². The minimum absolute atomic E-state index is 0.226. The van der Waals surface area contributed by atoms with E-state index in [1.165, 1.54) is 11.1 Å². The molecule has 1 aromatic rings. The average molecular weight is 233 g/mol. The highest BCUT2D eigenvalue weighted by Gasteiger charge is 2.31. The van der Waals surface area contributed by atoms with Gasteiger partial charge in [-0.1, -0.05) is 36.8 Å². The maximum Gasteiger partial charge on any atom is 0.0616 e. The fourth-order valence-corrected chi connectivity index (χ4v) is 2.84. The molecule has 3 atom stereocenters. The van der Waals surface area contributed by atoms with Crippen LogP contribution in [0.3, 0.4) is 0 Å². The lowest BCUT2D eigenvalue weighted by Crippen LogP contribution is -2.36. The van der Waals surface area contributed by atoms with Crippen molar-refractivity contribution in [2.45, 2.75) is 45.3 Å². The highest BCUT2D eigenvalue weighted by Crippen LogP contribution is 2.27. The highest BCUT2D eigenvalue weighted by molar-refractivity contribution is 5.23. The Morgan fingerprint density at radius 2 is 2.29 bits per heavy atom. The minimum atomic E-state index is 0.226. The van der Waals surface area contributed by atoms with Gasteiger partial charge in [-0.05, 0) is 31.7 Å². The van der Waals surface area contributed by atoms with E-state index in [-0.39, 0.29) is 6.04 Å². The number of rotatable bonds is 4. The number of benzene rings is 1. The van der Waals surface area contributed by atoms with Crippen LogP contribution < -0.4 is 5.73 Å². The molecule has 1 aliphatic rings. The molecule has 3 unspecified atom stereocenters. The Morgan fingerprint density at radius 3 is 3.00 bits per heavy atom. The number of hydrogen-bond donors (Lipinski definition) is 1. The van der Waals surface area contributed by atoms with Gasteiger partial charge >= 0.3 is 0 Å². The van der Waals surface area contributed by atoms with Crippen molar-refractivity contribution in [2.75, 3.05) is 6.61 Å². The zero-order chi connectivity index (χ0) is 12.3. The van der Waals surface area contributed by atoms with E-state index in [9.17, 15) is 0 Å². The third kappa shape index (κ3) is 3.08. The van der Waals surface area contributed by atoms with E-state index in [0.29, 0.717) is 12.0 Å². The first-order valence-corrected chi connectivity index (χ1v) is 6.63. The molecule has 1 fully saturated rings. The molecule has 1 aliphatic heterocycles. The first-order chi connectivity index (χ1) is 8.20. The Kier molecular flexibility index (Phi) is 4.19. The van der Waals surface area contributed by atoms with Crippen LogP contribution in [0.15, 0.2) is 24.3 Å². The van der Waals surface area contributed by atoms with Crippen molar-refractivity contribution in [3.8, 4) is 0 Å². The van der Waals surface area contributed by atoms with E-state index < -0.39 is 0 Å². The minimum Gasteiger partial charge on any atom is -0.378 e. The molecule has 0 bridgehead atoms. The van der Waals surface area contributed by atoms with E-state index in [4.69, 9.17) is 10.5 Å². The van der Waals surface area contributed by atoms with Crippen molar-refractivity contribution in [3.63, 3.8) is 0 Å². The normalized spacial score (nSPS) is 26.1. The molecule has 0 aliphatic carbocycles. The molecule has 1 saturated heterocycles. The summed E-state index contributed by atoms with van der Waals surface area (Å²) in [6.07, 6.45) is 3.53. The van der Waals surface area contributed by atoms with Crippen molar-refractivity contribution in [3.05, 3.63) is 35.4 Å². The second-order valence-corrected chi connectivity index (χ2v) is 5.13. The maximum absolute atomic E-state index is 6.35. The molecule has 2 rings (SSSR count). The average Bonchev–Trinajstić information content (AvgIpc) is 2.77. The molecule has 2 N–H and O–H groups in total. The monoisotopic (exact) mass is 233 g/mol. The molecule has 17 heavy (non-hydrogen) atoms. The zero-order valence-corrected chi connectivity index (χ0v) is 10.9. The van der Waals surface area contributed by atoms with E-state index in [0.717, 1.165) is 25.9 Å². The quantitative estimate of drug-likeness (QED) is 0.867. The van der Waals surface area contributed by atoms with Gasteiger partial charge < -0.3 is 10.5 Å². The molecule has 0 spiro atoms. The molecular formula is C15H23NO. The third-order valence-corrected chi connectivity index (χ3v) is 3.77. The molecule has 2 heteroatoms. The predicted octanol–water partition coefficient (Wildman–Crippen LogP) is 2.68. The largest absolute Gasteiger partial charge is 0.378 e. The molecule has 0 aromatic heterocycles. The summed E-state index contributed by atoms with van der Waals surface area (Å²) >= 11 is 0. The van der Waals surface area contributed by atoms with Gasteiger partial charge in [0.1, 0.15) is 0 Å². The Hall–Kier alpha value is -0.860. The smallest absolute Gasteiger partial charge is 0.0616 e. The van der Waals surface area contributed by atoms with Gasteiger partial charge in [-0.25, -0.2) is 0 Å². The third-order valence-electron chi connectivity index (χ3n) is 3.77. The van der Waals surface area contributed by atoms with Gasteiger partial charge in [0, 0.05) is 18.6 Å². The summed E-state index contributed by atoms with van der Waals surface area (Å²) in [5.74, 6) is 0.528. The summed E-state index contributed by atoms with van der Waals surface area (Å²) in [7, 11) is 0. The van der Waals surface area contributed by atoms with Gasteiger partial charge in [-0.2, -0.15) is 0 Å². The van der Waals surface area contributed by atoms with Crippen LogP contribution in [-0.4, -0.2) is 18.8 Å². The fraction of sp³-hybridized carbons (Fsp3) is 0.600. The molecule has 1 aromatic carbocycles. The summed E-state index contributed by atoms with van der Waals surface area (Å²) in [6, 6.07) is 8.87. The Labute approximate surface area is 104 Å². The standard InChI is InChI=1S/C15H23NO/c1-3-15-13(7-8-17-15)14(16)10-12-6-4-5-11(2)9-12/h4-6,9,13-15H,3,7-8,10,16H2,1-2H3. The Bertz CT molecular complexity index is 364. The summed E-state index contributed by atoms with van der Waals surface area (Å²) in [4.78, 5) is 0.